The van der Waals surface area contributed by atoms with Crippen molar-refractivity contribution in [2.75, 3.05) is 19.4 Å². The number of carbonyl (C=O) groups excluding carboxylic acids is 2. The van der Waals surface area contributed by atoms with Gasteiger partial charge in [0.15, 0.2) is 0 Å². The lowest BCUT2D eigenvalue weighted by atomic mass is 10.2. The number of halogens is 1. The smallest absolute Gasteiger partial charge is 0.259 e. The minimum Gasteiger partial charge on any atom is -0.366 e. The van der Waals surface area contributed by atoms with Crippen molar-refractivity contribution in [2.45, 2.75) is 4.21 Å². The monoisotopic (exact) mass is 339 g/mol. The third-order valence-electron chi connectivity index (χ3n) is 2.59. The molecule has 0 spiro atoms. The summed E-state index contributed by atoms with van der Waals surface area (Å²) >= 11 is 2.61. The molecular weight excluding hydrogens is 325 g/mol. The molecule has 2 aromatic rings. The first kappa shape index (κ1) is 16.5. The summed E-state index contributed by atoms with van der Waals surface area (Å²) in [4.78, 5) is 23.6. The van der Waals surface area contributed by atoms with Gasteiger partial charge in [0.05, 0.1) is 15.3 Å². The highest BCUT2D eigenvalue weighted by Gasteiger charge is 2.19. The molecule has 22 heavy (non-hydrogen) atoms. The van der Waals surface area contributed by atoms with E-state index in [9.17, 15) is 14.0 Å². The summed E-state index contributed by atoms with van der Waals surface area (Å²) in [6.07, 6.45) is 0. The fourth-order valence-corrected chi connectivity index (χ4v) is 3.85. The number of nitrogens with two attached hydrogens (primary N) is 1. The van der Waals surface area contributed by atoms with Gasteiger partial charge in [0.1, 0.15) is 10.8 Å². The van der Waals surface area contributed by atoms with Crippen molar-refractivity contribution in [3.05, 3.63) is 47.3 Å². The number of carbonyl (C=O) groups is 2. The van der Waals surface area contributed by atoms with Gasteiger partial charge in [-0.3, -0.25) is 13.9 Å². The van der Waals surface area contributed by atoms with Crippen LogP contribution in [0.25, 0.3) is 0 Å². The van der Waals surface area contributed by atoms with Crippen LogP contribution < -0.4 is 11.1 Å². The zero-order valence-electron chi connectivity index (χ0n) is 11.9. The lowest BCUT2D eigenvalue weighted by molar-refractivity contribution is 0.100. The van der Waals surface area contributed by atoms with Crippen LogP contribution in [0.15, 0.2) is 34.5 Å². The minimum absolute atomic E-state index is 0.0897. The summed E-state index contributed by atoms with van der Waals surface area (Å²) < 4.78 is 16.3. The van der Waals surface area contributed by atoms with Gasteiger partial charge in [-0.2, -0.15) is 0 Å². The topological polar surface area (TPSA) is 75.4 Å². The van der Waals surface area contributed by atoms with Crippen molar-refractivity contribution in [1.82, 2.24) is 4.31 Å². The molecule has 0 aliphatic carbocycles. The predicted octanol–water partition coefficient (Wildman–Crippen LogP) is 2.81. The van der Waals surface area contributed by atoms with Crippen molar-refractivity contribution < 1.29 is 14.0 Å². The predicted molar refractivity (Wildman–Crippen MR) is 86.7 cm³/mol. The number of anilines is 1. The Kier molecular flexibility index (Phi) is 5.17. The molecule has 5 nitrogen and oxygen atoms in total. The SMILES string of the molecule is CN(C)Sc1cc(C(N)=O)c(NC(=O)c2ccccc2F)s1. The van der Waals surface area contributed by atoms with Crippen LogP contribution in [-0.2, 0) is 0 Å². The summed E-state index contributed by atoms with van der Waals surface area (Å²) in [7, 11) is 3.71. The largest absolute Gasteiger partial charge is 0.366 e. The Bertz CT molecular complexity index is 716. The summed E-state index contributed by atoms with van der Waals surface area (Å²) in [5.74, 6) is -1.89. The normalized spacial score (nSPS) is 10.7. The molecule has 8 heteroatoms. The van der Waals surface area contributed by atoms with Gasteiger partial charge in [-0.1, -0.05) is 12.1 Å². The molecule has 116 valence electrons. The molecule has 0 unspecified atom stereocenters. The maximum atomic E-state index is 13.6. The van der Waals surface area contributed by atoms with Crippen LogP contribution in [0.3, 0.4) is 0 Å². The molecule has 0 bridgehead atoms. The Morgan fingerprint density at radius 1 is 1.27 bits per heavy atom. The average Bonchev–Trinajstić information content (AvgIpc) is 2.81. The third kappa shape index (κ3) is 3.85. The van der Waals surface area contributed by atoms with Gasteiger partial charge in [0, 0.05) is 0 Å². The van der Waals surface area contributed by atoms with Crippen molar-refractivity contribution >= 4 is 40.1 Å². The molecule has 0 fully saturated rings. The van der Waals surface area contributed by atoms with Crippen LogP contribution in [0, 0.1) is 5.82 Å². The second kappa shape index (κ2) is 6.91. The van der Waals surface area contributed by atoms with Crippen LogP contribution in [0.2, 0.25) is 0 Å². The Morgan fingerprint density at radius 2 is 1.95 bits per heavy atom. The highest BCUT2D eigenvalue weighted by atomic mass is 32.2. The Balaban J connectivity index is 2.28. The van der Waals surface area contributed by atoms with Crippen LogP contribution in [0.1, 0.15) is 20.7 Å². The highest BCUT2D eigenvalue weighted by molar-refractivity contribution is 7.99. The second-order valence-corrected chi connectivity index (χ2v) is 7.17. The molecule has 2 rings (SSSR count). The average molecular weight is 339 g/mol. The number of nitrogens with zero attached hydrogens (tertiary/aromatic N) is 1. The van der Waals surface area contributed by atoms with Gasteiger partial charge in [-0.25, -0.2) is 4.39 Å². The number of thiophene rings is 1. The first-order chi connectivity index (χ1) is 10.4. The van der Waals surface area contributed by atoms with Gasteiger partial charge in [-0.15, -0.1) is 11.3 Å². The lowest BCUT2D eigenvalue weighted by Crippen LogP contribution is -2.17. The van der Waals surface area contributed by atoms with Crippen LogP contribution >= 0.6 is 23.3 Å². The van der Waals surface area contributed by atoms with E-state index in [1.165, 1.54) is 41.5 Å². The number of hydrogen-bond acceptors (Lipinski definition) is 5. The molecule has 0 atom stereocenters. The van der Waals surface area contributed by atoms with E-state index < -0.39 is 17.6 Å². The van der Waals surface area contributed by atoms with Crippen LogP contribution in [0.5, 0.6) is 0 Å². The number of benzene rings is 1. The Morgan fingerprint density at radius 3 is 2.55 bits per heavy atom. The molecule has 2 amide bonds. The molecule has 0 aliphatic heterocycles. The number of primary amides is 1. The van der Waals surface area contributed by atoms with Crippen LogP contribution in [0.4, 0.5) is 9.39 Å². The quantitative estimate of drug-likeness (QED) is 0.822. The van der Waals surface area contributed by atoms with E-state index in [-0.39, 0.29) is 11.1 Å². The maximum absolute atomic E-state index is 13.6. The fraction of sp³-hybridized carbons (Fsp3) is 0.143. The van der Waals surface area contributed by atoms with E-state index in [0.29, 0.717) is 5.00 Å². The molecule has 1 aromatic carbocycles. The lowest BCUT2D eigenvalue weighted by Gasteiger charge is -2.05. The number of nitrogens with one attached hydrogen (secondary N) is 1. The van der Waals surface area contributed by atoms with Gasteiger partial charge >= 0.3 is 0 Å². The summed E-state index contributed by atoms with van der Waals surface area (Å²) in [5, 5.41) is 2.86. The van der Waals surface area contributed by atoms with Crippen molar-refractivity contribution in [3.63, 3.8) is 0 Å². The first-order valence-electron chi connectivity index (χ1n) is 6.23. The van der Waals surface area contributed by atoms with E-state index in [1.807, 2.05) is 18.4 Å². The number of hydrogen-bond donors (Lipinski definition) is 2. The first-order valence-corrected chi connectivity index (χ1v) is 7.82. The second-order valence-electron chi connectivity index (χ2n) is 4.51. The maximum Gasteiger partial charge on any atom is 0.259 e. The van der Waals surface area contributed by atoms with E-state index in [0.717, 1.165) is 4.21 Å². The van der Waals surface area contributed by atoms with E-state index >= 15 is 0 Å². The molecule has 0 aliphatic rings. The van der Waals surface area contributed by atoms with E-state index in [1.54, 1.807) is 12.1 Å². The zero-order valence-corrected chi connectivity index (χ0v) is 13.6. The highest BCUT2D eigenvalue weighted by Crippen LogP contribution is 2.35. The summed E-state index contributed by atoms with van der Waals surface area (Å²) in [5.41, 5.74) is 5.44. The van der Waals surface area contributed by atoms with Gasteiger partial charge in [-0.05, 0) is 44.2 Å². The van der Waals surface area contributed by atoms with Crippen molar-refractivity contribution in [2.24, 2.45) is 5.73 Å². The van der Waals surface area contributed by atoms with E-state index in [2.05, 4.69) is 5.32 Å². The molecule has 0 radical (unpaired) electrons. The standard InChI is InChI=1S/C14H14FN3O2S2/c1-18(2)22-11-7-9(12(16)19)14(21-11)17-13(20)8-5-3-4-6-10(8)15/h3-7H,1-2H3,(H2,16,19)(H,17,20). The zero-order chi connectivity index (χ0) is 16.3. The third-order valence-corrected chi connectivity index (χ3v) is 4.57. The fourth-order valence-electron chi connectivity index (χ4n) is 1.69. The number of amides is 2. The Hall–Kier alpha value is -1.90. The molecular formula is C14H14FN3O2S2. The van der Waals surface area contributed by atoms with Gasteiger partial charge in [0.2, 0.25) is 0 Å². The molecule has 1 aromatic heterocycles. The van der Waals surface area contributed by atoms with E-state index in [4.69, 9.17) is 5.73 Å². The molecule has 3 N–H and O–H groups in total. The summed E-state index contributed by atoms with van der Waals surface area (Å²) in [6.45, 7) is 0. The summed E-state index contributed by atoms with van der Waals surface area (Å²) in [6, 6.07) is 7.24. The molecule has 1 heterocycles. The Labute approximate surface area is 135 Å². The number of rotatable bonds is 5. The van der Waals surface area contributed by atoms with Gasteiger partial charge < -0.3 is 11.1 Å². The molecule has 0 saturated heterocycles. The van der Waals surface area contributed by atoms with Crippen molar-refractivity contribution in [3.8, 4) is 0 Å². The molecule has 0 saturated carbocycles. The minimum atomic E-state index is -0.648. The van der Waals surface area contributed by atoms with Gasteiger partial charge in [0.25, 0.3) is 11.8 Å². The van der Waals surface area contributed by atoms with Crippen LogP contribution in [-0.4, -0.2) is 30.2 Å². The van der Waals surface area contributed by atoms with Crippen molar-refractivity contribution in [1.29, 1.82) is 0 Å².